The van der Waals surface area contributed by atoms with Crippen LogP contribution in [0.4, 0.5) is 0 Å². The van der Waals surface area contributed by atoms with Crippen molar-refractivity contribution in [3.63, 3.8) is 0 Å². The minimum Gasteiger partial charge on any atom is -0.317 e. The van der Waals surface area contributed by atoms with Gasteiger partial charge in [0, 0.05) is 6.04 Å². The SMILES string of the molecule is CNC(CC1CC2CCC1C2)C1CCSC1. The molecule has 5 unspecified atom stereocenters. The molecule has 0 aromatic heterocycles. The lowest BCUT2D eigenvalue weighted by molar-refractivity contribution is 0.251. The van der Waals surface area contributed by atoms with Crippen molar-refractivity contribution in [3.8, 4) is 0 Å². The highest BCUT2D eigenvalue weighted by molar-refractivity contribution is 7.99. The Hall–Kier alpha value is 0.310. The van der Waals surface area contributed by atoms with Gasteiger partial charge in [-0.05, 0) is 74.3 Å². The van der Waals surface area contributed by atoms with Crippen molar-refractivity contribution in [2.45, 2.75) is 44.6 Å². The molecule has 3 rings (SSSR count). The number of thioether (sulfide) groups is 1. The first kappa shape index (κ1) is 11.4. The van der Waals surface area contributed by atoms with Crippen molar-refractivity contribution < 1.29 is 0 Å². The average Bonchev–Trinajstić information content (AvgIpc) is 3.01. The van der Waals surface area contributed by atoms with Crippen molar-refractivity contribution in [1.82, 2.24) is 5.32 Å². The maximum Gasteiger partial charge on any atom is 0.0103 e. The van der Waals surface area contributed by atoms with Crippen molar-refractivity contribution >= 4 is 11.8 Å². The lowest BCUT2D eigenvalue weighted by Gasteiger charge is -2.29. The molecule has 1 nitrogen and oxygen atoms in total. The molecule has 2 heteroatoms. The minimum atomic E-state index is 0.819. The third-order valence-corrected chi connectivity index (χ3v) is 6.53. The van der Waals surface area contributed by atoms with Gasteiger partial charge in [0.05, 0.1) is 0 Å². The average molecular weight is 239 g/mol. The first-order chi connectivity index (χ1) is 7.86. The second-order valence-electron chi connectivity index (χ2n) is 6.19. The molecule has 0 spiro atoms. The molecule has 1 N–H and O–H groups in total. The first-order valence-electron chi connectivity index (χ1n) is 7.12. The Bertz CT molecular complexity index is 237. The van der Waals surface area contributed by atoms with E-state index in [1.807, 2.05) is 0 Å². The van der Waals surface area contributed by atoms with Gasteiger partial charge in [0.1, 0.15) is 0 Å². The van der Waals surface area contributed by atoms with Gasteiger partial charge in [0.15, 0.2) is 0 Å². The summed E-state index contributed by atoms with van der Waals surface area (Å²) in [7, 11) is 2.18. The molecule has 2 bridgehead atoms. The van der Waals surface area contributed by atoms with Crippen LogP contribution in [-0.4, -0.2) is 24.6 Å². The summed E-state index contributed by atoms with van der Waals surface area (Å²) in [6.45, 7) is 0. The standard InChI is InChI=1S/C14H25NS/c1-15-14(12-4-5-16-9-12)8-13-7-10-2-3-11(13)6-10/h10-15H,2-9H2,1H3. The van der Waals surface area contributed by atoms with Crippen LogP contribution >= 0.6 is 11.8 Å². The van der Waals surface area contributed by atoms with Crippen LogP contribution in [-0.2, 0) is 0 Å². The molecule has 0 radical (unpaired) electrons. The molecule has 92 valence electrons. The summed E-state index contributed by atoms with van der Waals surface area (Å²) in [5.74, 6) is 7.07. The Kier molecular flexibility index (Phi) is 3.49. The van der Waals surface area contributed by atoms with Crippen molar-refractivity contribution in [2.75, 3.05) is 18.6 Å². The maximum absolute atomic E-state index is 3.62. The Labute approximate surface area is 104 Å². The minimum absolute atomic E-state index is 0.819. The molecular weight excluding hydrogens is 214 g/mol. The Morgan fingerprint density at radius 2 is 2.19 bits per heavy atom. The van der Waals surface area contributed by atoms with Crippen LogP contribution in [0, 0.1) is 23.7 Å². The molecule has 2 aliphatic carbocycles. The highest BCUT2D eigenvalue weighted by Gasteiger charge is 2.41. The summed E-state index contributed by atoms with van der Waals surface area (Å²) in [5, 5.41) is 3.62. The second-order valence-corrected chi connectivity index (χ2v) is 7.34. The van der Waals surface area contributed by atoms with Gasteiger partial charge in [-0.3, -0.25) is 0 Å². The molecule has 1 saturated heterocycles. The van der Waals surface area contributed by atoms with E-state index in [0.717, 1.165) is 29.7 Å². The molecule has 0 amide bonds. The van der Waals surface area contributed by atoms with Gasteiger partial charge in [0.25, 0.3) is 0 Å². The maximum atomic E-state index is 3.62. The van der Waals surface area contributed by atoms with Crippen LogP contribution in [0.2, 0.25) is 0 Å². The van der Waals surface area contributed by atoms with Crippen LogP contribution in [0.15, 0.2) is 0 Å². The van der Waals surface area contributed by atoms with Gasteiger partial charge in [-0.25, -0.2) is 0 Å². The van der Waals surface area contributed by atoms with Crippen LogP contribution in [0.5, 0.6) is 0 Å². The van der Waals surface area contributed by atoms with Crippen LogP contribution < -0.4 is 5.32 Å². The molecule has 1 aliphatic heterocycles. The number of hydrogen-bond donors (Lipinski definition) is 1. The lowest BCUT2D eigenvalue weighted by atomic mass is 9.81. The number of hydrogen-bond acceptors (Lipinski definition) is 2. The summed E-state index contributed by atoms with van der Waals surface area (Å²) in [4.78, 5) is 0. The molecule has 0 aromatic carbocycles. The van der Waals surface area contributed by atoms with E-state index < -0.39 is 0 Å². The largest absolute Gasteiger partial charge is 0.317 e. The summed E-state index contributed by atoms with van der Waals surface area (Å²) >= 11 is 2.16. The summed E-state index contributed by atoms with van der Waals surface area (Å²) in [6, 6.07) is 0.819. The lowest BCUT2D eigenvalue weighted by Crippen LogP contribution is -2.36. The van der Waals surface area contributed by atoms with Gasteiger partial charge in [-0.15, -0.1) is 0 Å². The zero-order valence-corrected chi connectivity index (χ0v) is 11.3. The molecule has 1 heterocycles. The first-order valence-corrected chi connectivity index (χ1v) is 8.27. The Morgan fingerprint density at radius 1 is 1.25 bits per heavy atom. The highest BCUT2D eigenvalue weighted by atomic mass is 32.2. The third kappa shape index (κ3) is 2.15. The molecular formula is C14H25NS. The van der Waals surface area contributed by atoms with Crippen molar-refractivity contribution in [3.05, 3.63) is 0 Å². The molecule has 2 saturated carbocycles. The van der Waals surface area contributed by atoms with Crippen LogP contribution in [0.3, 0.4) is 0 Å². The van der Waals surface area contributed by atoms with Crippen molar-refractivity contribution in [1.29, 1.82) is 0 Å². The van der Waals surface area contributed by atoms with E-state index in [1.54, 1.807) is 25.7 Å². The van der Waals surface area contributed by atoms with Gasteiger partial charge in [-0.1, -0.05) is 6.42 Å². The number of rotatable bonds is 4. The highest BCUT2D eigenvalue weighted by Crippen LogP contribution is 2.50. The van der Waals surface area contributed by atoms with E-state index in [1.165, 1.54) is 24.3 Å². The normalized spacial score (nSPS) is 44.1. The molecule has 3 fully saturated rings. The van der Waals surface area contributed by atoms with E-state index in [-0.39, 0.29) is 0 Å². The van der Waals surface area contributed by atoms with Gasteiger partial charge in [-0.2, -0.15) is 11.8 Å². The summed E-state index contributed by atoms with van der Waals surface area (Å²) < 4.78 is 0. The van der Waals surface area contributed by atoms with Crippen LogP contribution in [0.1, 0.15) is 38.5 Å². The molecule has 3 aliphatic rings. The predicted molar refractivity (Wildman–Crippen MR) is 71.8 cm³/mol. The zero-order valence-electron chi connectivity index (χ0n) is 10.5. The Balaban J connectivity index is 1.55. The van der Waals surface area contributed by atoms with E-state index in [4.69, 9.17) is 0 Å². The van der Waals surface area contributed by atoms with E-state index >= 15 is 0 Å². The van der Waals surface area contributed by atoms with Gasteiger partial charge < -0.3 is 5.32 Å². The third-order valence-electron chi connectivity index (χ3n) is 5.35. The molecule has 0 aromatic rings. The fourth-order valence-corrected chi connectivity index (χ4v) is 5.75. The Morgan fingerprint density at radius 3 is 2.75 bits per heavy atom. The smallest absolute Gasteiger partial charge is 0.0103 e. The summed E-state index contributed by atoms with van der Waals surface area (Å²) in [6.07, 6.45) is 9.15. The van der Waals surface area contributed by atoms with Gasteiger partial charge >= 0.3 is 0 Å². The number of fused-ring (bicyclic) bond motifs is 2. The quantitative estimate of drug-likeness (QED) is 0.809. The summed E-state index contributed by atoms with van der Waals surface area (Å²) in [5.41, 5.74) is 0. The number of nitrogens with one attached hydrogen (secondary N) is 1. The van der Waals surface area contributed by atoms with E-state index in [2.05, 4.69) is 24.1 Å². The van der Waals surface area contributed by atoms with E-state index in [0.29, 0.717) is 0 Å². The van der Waals surface area contributed by atoms with Gasteiger partial charge in [0.2, 0.25) is 0 Å². The second kappa shape index (κ2) is 4.89. The van der Waals surface area contributed by atoms with Crippen molar-refractivity contribution in [2.24, 2.45) is 23.7 Å². The monoisotopic (exact) mass is 239 g/mol. The fourth-order valence-electron chi connectivity index (χ4n) is 4.41. The topological polar surface area (TPSA) is 12.0 Å². The van der Waals surface area contributed by atoms with Crippen LogP contribution in [0.25, 0.3) is 0 Å². The molecule has 16 heavy (non-hydrogen) atoms. The zero-order chi connectivity index (χ0) is 11.0. The van der Waals surface area contributed by atoms with E-state index in [9.17, 15) is 0 Å². The fraction of sp³-hybridized carbons (Fsp3) is 1.00. The molecule has 5 atom stereocenters. The predicted octanol–water partition coefficient (Wildman–Crippen LogP) is 3.15.